The number of aryl methyl sites for hydroxylation is 1. The first-order valence-corrected chi connectivity index (χ1v) is 8.53. The lowest BCUT2D eigenvalue weighted by Gasteiger charge is -2.35. The molecule has 1 aromatic carbocycles. The van der Waals surface area contributed by atoms with E-state index in [1.54, 1.807) is 0 Å². The summed E-state index contributed by atoms with van der Waals surface area (Å²) in [5.74, 6) is 0.750. The zero-order valence-electron chi connectivity index (χ0n) is 14.4. The average Bonchev–Trinajstić information content (AvgIpc) is 2.72. The summed E-state index contributed by atoms with van der Waals surface area (Å²) < 4.78 is 0. The van der Waals surface area contributed by atoms with E-state index in [9.17, 15) is 0 Å². The molecule has 1 aliphatic carbocycles. The molecule has 0 heterocycles. The molecule has 2 rings (SSSR count). The van der Waals surface area contributed by atoms with Gasteiger partial charge in [-0.05, 0) is 62.3 Å². The lowest BCUT2D eigenvalue weighted by atomic mass is 9.84. The predicted octanol–water partition coefficient (Wildman–Crippen LogP) is 4.24. The van der Waals surface area contributed by atoms with Crippen molar-refractivity contribution in [1.82, 2.24) is 5.32 Å². The van der Waals surface area contributed by atoms with Gasteiger partial charge in [0.25, 0.3) is 0 Å². The largest absolute Gasteiger partial charge is 0.371 e. The number of hydrogen-bond donors (Lipinski definition) is 1. The van der Waals surface area contributed by atoms with Crippen LogP contribution in [0.4, 0.5) is 5.69 Å². The molecule has 0 amide bonds. The molecule has 1 aromatic rings. The summed E-state index contributed by atoms with van der Waals surface area (Å²) in [4.78, 5) is 2.55. The van der Waals surface area contributed by atoms with Gasteiger partial charge in [0.2, 0.25) is 0 Å². The zero-order valence-corrected chi connectivity index (χ0v) is 14.4. The summed E-state index contributed by atoms with van der Waals surface area (Å²) in [5, 5.41) is 3.75. The Balaban J connectivity index is 2.11. The van der Waals surface area contributed by atoms with Crippen LogP contribution in [0.2, 0.25) is 0 Å². The van der Waals surface area contributed by atoms with Crippen molar-refractivity contribution in [2.45, 2.75) is 53.5 Å². The van der Waals surface area contributed by atoms with Crippen molar-refractivity contribution in [2.75, 3.05) is 24.5 Å². The Morgan fingerprint density at radius 3 is 2.67 bits per heavy atom. The van der Waals surface area contributed by atoms with E-state index in [1.165, 1.54) is 30.6 Å². The summed E-state index contributed by atoms with van der Waals surface area (Å²) in [7, 11) is 0. The first kappa shape index (κ1) is 16.4. The van der Waals surface area contributed by atoms with Gasteiger partial charge >= 0.3 is 0 Å². The van der Waals surface area contributed by atoms with E-state index in [0.29, 0.717) is 11.5 Å². The molecule has 2 nitrogen and oxygen atoms in total. The van der Waals surface area contributed by atoms with E-state index in [1.807, 2.05) is 0 Å². The highest BCUT2D eigenvalue weighted by Crippen LogP contribution is 2.42. The first-order chi connectivity index (χ1) is 9.97. The van der Waals surface area contributed by atoms with E-state index in [-0.39, 0.29) is 0 Å². The lowest BCUT2D eigenvalue weighted by molar-refractivity contribution is 0.253. The van der Waals surface area contributed by atoms with Gasteiger partial charge in [-0.25, -0.2) is 0 Å². The molecule has 2 atom stereocenters. The maximum absolute atomic E-state index is 3.75. The highest BCUT2D eigenvalue weighted by molar-refractivity contribution is 5.48. The van der Waals surface area contributed by atoms with Crippen molar-refractivity contribution in [3.8, 4) is 0 Å². The summed E-state index contributed by atoms with van der Waals surface area (Å²) >= 11 is 0. The van der Waals surface area contributed by atoms with Gasteiger partial charge in [-0.1, -0.05) is 32.9 Å². The molecule has 0 radical (unpaired) electrons. The Kier molecular flexibility index (Phi) is 5.32. The van der Waals surface area contributed by atoms with Crippen LogP contribution in [0.5, 0.6) is 0 Å². The Hall–Kier alpha value is -1.02. The normalized spacial score (nSPS) is 24.2. The van der Waals surface area contributed by atoms with Crippen molar-refractivity contribution in [2.24, 2.45) is 11.3 Å². The van der Waals surface area contributed by atoms with Crippen LogP contribution >= 0.6 is 0 Å². The summed E-state index contributed by atoms with van der Waals surface area (Å²) in [5.41, 5.74) is 3.14. The number of anilines is 1. The molecule has 0 bridgehead atoms. The van der Waals surface area contributed by atoms with Crippen LogP contribution in [0.1, 0.15) is 46.1 Å². The van der Waals surface area contributed by atoms with Crippen molar-refractivity contribution in [3.63, 3.8) is 0 Å². The minimum atomic E-state index is 0.423. The van der Waals surface area contributed by atoms with E-state index < -0.39 is 0 Å². The van der Waals surface area contributed by atoms with Crippen molar-refractivity contribution >= 4 is 5.69 Å². The van der Waals surface area contributed by atoms with Gasteiger partial charge in [-0.2, -0.15) is 0 Å². The number of nitrogens with one attached hydrogen (secondary N) is 1. The minimum Gasteiger partial charge on any atom is -0.371 e. The topological polar surface area (TPSA) is 15.3 Å². The lowest BCUT2D eigenvalue weighted by Crippen LogP contribution is -2.45. The SMILES string of the molecule is CCNC1C(CN(CC)c2cccc(C)c2)CCC1(C)C. The number of nitrogens with zero attached hydrogens (tertiary/aromatic N) is 1. The van der Waals surface area contributed by atoms with Gasteiger partial charge in [0.05, 0.1) is 0 Å². The van der Waals surface area contributed by atoms with Crippen LogP contribution in [0.25, 0.3) is 0 Å². The molecule has 118 valence electrons. The van der Waals surface area contributed by atoms with Gasteiger partial charge in [-0.15, -0.1) is 0 Å². The van der Waals surface area contributed by atoms with E-state index in [4.69, 9.17) is 0 Å². The third-order valence-electron chi connectivity index (χ3n) is 5.10. The van der Waals surface area contributed by atoms with Gasteiger partial charge in [0.1, 0.15) is 0 Å². The molecule has 1 N–H and O–H groups in total. The second-order valence-electron chi connectivity index (χ2n) is 7.20. The molecule has 1 saturated carbocycles. The van der Waals surface area contributed by atoms with Crippen molar-refractivity contribution < 1.29 is 0 Å². The quantitative estimate of drug-likeness (QED) is 0.842. The Labute approximate surface area is 130 Å². The summed E-state index contributed by atoms with van der Waals surface area (Å²) in [6.45, 7) is 14.8. The molecular formula is C19H32N2. The molecule has 1 aliphatic rings. The smallest absolute Gasteiger partial charge is 0.0368 e. The Morgan fingerprint density at radius 1 is 1.29 bits per heavy atom. The van der Waals surface area contributed by atoms with Gasteiger partial charge < -0.3 is 10.2 Å². The Bertz CT molecular complexity index is 453. The third kappa shape index (κ3) is 3.79. The first-order valence-electron chi connectivity index (χ1n) is 8.53. The highest BCUT2D eigenvalue weighted by atomic mass is 15.1. The van der Waals surface area contributed by atoms with Crippen molar-refractivity contribution in [3.05, 3.63) is 29.8 Å². The minimum absolute atomic E-state index is 0.423. The fourth-order valence-corrected chi connectivity index (χ4v) is 3.90. The molecular weight excluding hydrogens is 256 g/mol. The standard InChI is InChI=1S/C19H32N2/c1-6-20-18-16(11-12-19(18,4)5)14-21(7-2)17-10-8-9-15(3)13-17/h8-10,13,16,18,20H,6-7,11-12,14H2,1-5H3. The molecule has 1 fully saturated rings. The zero-order chi connectivity index (χ0) is 15.5. The molecule has 0 saturated heterocycles. The molecule has 21 heavy (non-hydrogen) atoms. The summed E-state index contributed by atoms with van der Waals surface area (Å²) in [6, 6.07) is 9.55. The van der Waals surface area contributed by atoms with Gasteiger partial charge in [0.15, 0.2) is 0 Å². The van der Waals surface area contributed by atoms with Gasteiger partial charge in [0, 0.05) is 24.8 Å². The molecule has 2 heteroatoms. The average molecular weight is 288 g/mol. The van der Waals surface area contributed by atoms with Crippen LogP contribution in [0.15, 0.2) is 24.3 Å². The monoisotopic (exact) mass is 288 g/mol. The highest BCUT2D eigenvalue weighted by Gasteiger charge is 2.41. The second kappa shape index (κ2) is 6.83. The predicted molar refractivity (Wildman–Crippen MR) is 93.0 cm³/mol. The van der Waals surface area contributed by atoms with E-state index >= 15 is 0 Å². The van der Waals surface area contributed by atoms with E-state index in [0.717, 1.165) is 19.0 Å². The van der Waals surface area contributed by atoms with Crippen LogP contribution in [0.3, 0.4) is 0 Å². The van der Waals surface area contributed by atoms with Crippen LogP contribution in [-0.4, -0.2) is 25.7 Å². The molecule has 0 aliphatic heterocycles. The summed E-state index contributed by atoms with van der Waals surface area (Å²) in [6.07, 6.45) is 2.67. The number of rotatable bonds is 6. The van der Waals surface area contributed by atoms with E-state index in [2.05, 4.69) is 69.1 Å². The fraction of sp³-hybridized carbons (Fsp3) is 0.684. The maximum atomic E-state index is 3.75. The number of hydrogen-bond acceptors (Lipinski definition) is 2. The molecule has 2 unspecified atom stereocenters. The van der Waals surface area contributed by atoms with Crippen molar-refractivity contribution in [1.29, 1.82) is 0 Å². The van der Waals surface area contributed by atoms with Crippen LogP contribution in [-0.2, 0) is 0 Å². The van der Waals surface area contributed by atoms with Crippen LogP contribution in [0, 0.1) is 18.3 Å². The number of benzene rings is 1. The fourth-order valence-electron chi connectivity index (χ4n) is 3.90. The van der Waals surface area contributed by atoms with Gasteiger partial charge in [-0.3, -0.25) is 0 Å². The second-order valence-corrected chi connectivity index (χ2v) is 7.20. The van der Waals surface area contributed by atoms with Crippen LogP contribution < -0.4 is 10.2 Å². The molecule has 0 spiro atoms. The Morgan fingerprint density at radius 2 is 2.05 bits per heavy atom. The third-order valence-corrected chi connectivity index (χ3v) is 5.10. The maximum Gasteiger partial charge on any atom is 0.0368 e. The molecule has 0 aromatic heterocycles.